The second-order valence-corrected chi connectivity index (χ2v) is 7.88. The van der Waals surface area contributed by atoms with E-state index in [1.54, 1.807) is 12.1 Å². The second-order valence-electron chi connectivity index (χ2n) is 7.44. The number of aromatic nitrogens is 2. The normalized spacial score (nSPS) is 16.9. The summed E-state index contributed by atoms with van der Waals surface area (Å²) in [6.07, 6.45) is 1.17. The van der Waals surface area contributed by atoms with Gasteiger partial charge in [-0.05, 0) is 35.6 Å². The summed E-state index contributed by atoms with van der Waals surface area (Å²) in [5.74, 6) is 1.55. The van der Waals surface area contributed by atoms with Crippen LogP contribution in [0.2, 0.25) is 5.02 Å². The van der Waals surface area contributed by atoms with Crippen LogP contribution in [0.4, 0.5) is 0 Å². The molecule has 1 aromatic heterocycles. The molecule has 0 radical (unpaired) electrons. The third kappa shape index (κ3) is 3.80. The van der Waals surface area contributed by atoms with Gasteiger partial charge in [-0.3, -0.25) is 4.79 Å². The van der Waals surface area contributed by atoms with Crippen LogP contribution in [0.25, 0.3) is 11.4 Å². The number of rotatable bonds is 5. The Kier molecular flexibility index (Phi) is 5.18. The van der Waals surface area contributed by atoms with Gasteiger partial charge in [-0.1, -0.05) is 67.0 Å². The SMILES string of the molecule is CC(C)c1ccc(CN2C(=O)CCC2c2nc(-c3cccc(Cl)c3)no2)cc1. The Balaban J connectivity index is 1.55. The average Bonchev–Trinajstić information content (AvgIpc) is 3.30. The van der Waals surface area contributed by atoms with Gasteiger partial charge in [0, 0.05) is 23.6 Å². The van der Waals surface area contributed by atoms with E-state index in [0.717, 1.165) is 11.1 Å². The van der Waals surface area contributed by atoms with E-state index < -0.39 is 0 Å². The van der Waals surface area contributed by atoms with Gasteiger partial charge in [-0.15, -0.1) is 0 Å². The largest absolute Gasteiger partial charge is 0.337 e. The molecule has 4 rings (SSSR count). The molecule has 1 saturated heterocycles. The van der Waals surface area contributed by atoms with Crippen molar-refractivity contribution >= 4 is 17.5 Å². The van der Waals surface area contributed by atoms with Crippen LogP contribution in [0.1, 0.15) is 55.7 Å². The van der Waals surface area contributed by atoms with E-state index in [2.05, 4.69) is 48.3 Å². The molecule has 2 heterocycles. The van der Waals surface area contributed by atoms with Gasteiger partial charge in [0.15, 0.2) is 0 Å². The van der Waals surface area contributed by atoms with Crippen molar-refractivity contribution in [3.8, 4) is 11.4 Å². The van der Waals surface area contributed by atoms with Crippen LogP contribution in [0.5, 0.6) is 0 Å². The zero-order valence-electron chi connectivity index (χ0n) is 15.9. The van der Waals surface area contributed by atoms with Crippen LogP contribution < -0.4 is 0 Å². The minimum Gasteiger partial charge on any atom is -0.337 e. The van der Waals surface area contributed by atoms with Gasteiger partial charge in [-0.2, -0.15) is 4.98 Å². The predicted molar refractivity (Wildman–Crippen MR) is 108 cm³/mol. The van der Waals surface area contributed by atoms with Crippen molar-refractivity contribution in [2.45, 2.75) is 45.2 Å². The molecule has 0 aliphatic carbocycles. The van der Waals surface area contributed by atoms with E-state index in [1.807, 2.05) is 17.0 Å². The zero-order chi connectivity index (χ0) is 19.7. The molecule has 3 aromatic rings. The molecule has 144 valence electrons. The van der Waals surface area contributed by atoms with Gasteiger partial charge in [0.1, 0.15) is 6.04 Å². The lowest BCUT2D eigenvalue weighted by atomic mass is 10.0. The summed E-state index contributed by atoms with van der Waals surface area (Å²) in [6.45, 7) is 4.88. The number of benzene rings is 2. The van der Waals surface area contributed by atoms with E-state index >= 15 is 0 Å². The molecule has 1 aliphatic heterocycles. The van der Waals surface area contributed by atoms with Gasteiger partial charge in [0.2, 0.25) is 17.6 Å². The topological polar surface area (TPSA) is 59.2 Å². The standard InChI is InChI=1S/C22H22ClN3O2/c1-14(2)16-8-6-15(7-9-16)13-26-19(10-11-20(26)27)22-24-21(25-28-22)17-4-3-5-18(23)12-17/h3-9,12,14,19H,10-11,13H2,1-2H3. The average molecular weight is 396 g/mol. The molecule has 6 heteroatoms. The molecule has 0 bridgehead atoms. The quantitative estimate of drug-likeness (QED) is 0.582. The maximum atomic E-state index is 12.5. The third-order valence-electron chi connectivity index (χ3n) is 5.14. The number of nitrogens with zero attached hydrogens (tertiary/aromatic N) is 3. The zero-order valence-corrected chi connectivity index (χ0v) is 16.7. The van der Waals surface area contributed by atoms with Gasteiger partial charge in [-0.25, -0.2) is 0 Å². The predicted octanol–water partition coefficient (Wildman–Crippen LogP) is 5.38. The first-order valence-electron chi connectivity index (χ1n) is 9.49. The van der Waals surface area contributed by atoms with Crippen molar-refractivity contribution in [3.05, 3.63) is 70.6 Å². The number of hydrogen-bond acceptors (Lipinski definition) is 4. The lowest BCUT2D eigenvalue weighted by Crippen LogP contribution is -2.27. The molecule has 0 N–H and O–H groups in total. The van der Waals surface area contributed by atoms with Crippen LogP contribution in [0.3, 0.4) is 0 Å². The van der Waals surface area contributed by atoms with Crippen molar-refractivity contribution in [2.75, 3.05) is 0 Å². The summed E-state index contributed by atoms with van der Waals surface area (Å²) >= 11 is 6.05. The molecule has 1 atom stereocenters. The Hall–Kier alpha value is -2.66. The Morgan fingerprint density at radius 2 is 2.00 bits per heavy atom. The Morgan fingerprint density at radius 1 is 1.21 bits per heavy atom. The van der Waals surface area contributed by atoms with Crippen molar-refractivity contribution in [3.63, 3.8) is 0 Å². The number of carbonyl (C=O) groups is 1. The van der Waals surface area contributed by atoms with E-state index in [4.69, 9.17) is 16.1 Å². The minimum absolute atomic E-state index is 0.112. The van der Waals surface area contributed by atoms with E-state index in [0.29, 0.717) is 42.0 Å². The molecular formula is C22H22ClN3O2. The summed E-state index contributed by atoms with van der Waals surface area (Å²) in [7, 11) is 0. The minimum atomic E-state index is -0.197. The fourth-order valence-corrected chi connectivity index (χ4v) is 3.70. The van der Waals surface area contributed by atoms with Crippen molar-refractivity contribution in [1.29, 1.82) is 0 Å². The summed E-state index contributed by atoms with van der Waals surface area (Å²) < 4.78 is 5.51. The van der Waals surface area contributed by atoms with Crippen LogP contribution in [0, 0.1) is 0 Å². The first kappa shape index (κ1) is 18.7. The smallest absolute Gasteiger partial charge is 0.249 e. The van der Waals surface area contributed by atoms with Crippen LogP contribution in [-0.2, 0) is 11.3 Å². The Bertz CT molecular complexity index is 981. The first-order chi connectivity index (χ1) is 13.5. The third-order valence-corrected chi connectivity index (χ3v) is 5.37. The molecule has 28 heavy (non-hydrogen) atoms. The highest BCUT2D eigenvalue weighted by Crippen LogP contribution is 2.34. The number of amides is 1. The molecule has 0 spiro atoms. The summed E-state index contributed by atoms with van der Waals surface area (Å²) in [6, 6.07) is 15.6. The Morgan fingerprint density at radius 3 is 2.71 bits per heavy atom. The highest BCUT2D eigenvalue weighted by atomic mass is 35.5. The number of halogens is 1. The van der Waals surface area contributed by atoms with E-state index in [9.17, 15) is 4.79 Å². The van der Waals surface area contributed by atoms with Crippen molar-refractivity contribution in [2.24, 2.45) is 0 Å². The highest BCUT2D eigenvalue weighted by Gasteiger charge is 2.36. The molecule has 2 aromatic carbocycles. The Labute approximate surface area is 169 Å². The van der Waals surface area contributed by atoms with Gasteiger partial charge in [0.05, 0.1) is 0 Å². The van der Waals surface area contributed by atoms with Crippen LogP contribution in [0.15, 0.2) is 53.1 Å². The fraction of sp³-hybridized carbons (Fsp3) is 0.318. The molecular weight excluding hydrogens is 374 g/mol. The summed E-state index contributed by atoms with van der Waals surface area (Å²) in [5, 5.41) is 4.70. The molecule has 5 nitrogen and oxygen atoms in total. The maximum absolute atomic E-state index is 12.5. The van der Waals surface area contributed by atoms with Gasteiger partial charge >= 0.3 is 0 Å². The second kappa shape index (κ2) is 7.76. The highest BCUT2D eigenvalue weighted by molar-refractivity contribution is 6.30. The number of likely N-dealkylation sites (tertiary alicyclic amines) is 1. The molecule has 1 aliphatic rings. The molecule has 0 saturated carbocycles. The summed E-state index contributed by atoms with van der Waals surface area (Å²) in [4.78, 5) is 18.8. The lowest BCUT2D eigenvalue weighted by molar-refractivity contribution is -0.129. The monoisotopic (exact) mass is 395 g/mol. The van der Waals surface area contributed by atoms with Crippen molar-refractivity contribution in [1.82, 2.24) is 15.0 Å². The molecule has 1 amide bonds. The fourth-order valence-electron chi connectivity index (χ4n) is 3.51. The summed E-state index contributed by atoms with van der Waals surface area (Å²) in [5.41, 5.74) is 3.18. The van der Waals surface area contributed by atoms with Crippen molar-refractivity contribution < 1.29 is 9.32 Å². The van der Waals surface area contributed by atoms with Gasteiger partial charge < -0.3 is 9.42 Å². The molecule has 1 unspecified atom stereocenters. The lowest BCUT2D eigenvalue weighted by Gasteiger charge is -2.22. The van der Waals surface area contributed by atoms with E-state index in [-0.39, 0.29) is 11.9 Å². The van der Waals surface area contributed by atoms with E-state index in [1.165, 1.54) is 5.56 Å². The molecule has 1 fully saturated rings. The van der Waals surface area contributed by atoms with Crippen LogP contribution >= 0.6 is 11.6 Å². The number of hydrogen-bond donors (Lipinski definition) is 0. The number of carbonyl (C=O) groups excluding carboxylic acids is 1. The maximum Gasteiger partial charge on any atom is 0.249 e. The van der Waals surface area contributed by atoms with Crippen LogP contribution in [-0.4, -0.2) is 20.9 Å². The van der Waals surface area contributed by atoms with Gasteiger partial charge in [0.25, 0.3) is 0 Å². The first-order valence-corrected chi connectivity index (χ1v) is 9.87.